The Bertz CT molecular complexity index is 779. The number of unbranched alkanes of at least 4 members (excludes halogenated alkanes) is 2. The molecule has 1 heterocycles. The molecular weight excluding hydrogens is 408 g/mol. The second kappa shape index (κ2) is 14.9. The van der Waals surface area contributed by atoms with Crippen molar-refractivity contribution in [2.24, 2.45) is 5.92 Å². The van der Waals surface area contributed by atoms with Crippen LogP contribution in [0.5, 0.6) is 0 Å². The number of hydrogen-bond donors (Lipinski definition) is 2. The second-order valence-corrected chi connectivity index (χ2v) is 9.57. The molecule has 0 amide bonds. The highest BCUT2D eigenvalue weighted by molar-refractivity contribution is 7.13. The molecule has 0 spiro atoms. The summed E-state index contributed by atoms with van der Waals surface area (Å²) in [4.78, 5) is 23.1. The number of Topliss-reactive ketones (excluding diaryl/α,β-unsaturated/α-hetero) is 1. The molecular formula is C26H38O4S. The number of carboxylic acids is 1. The van der Waals surface area contributed by atoms with Crippen molar-refractivity contribution < 1.29 is 19.8 Å². The number of carbonyl (C=O) groups excluding carboxylic acids is 1. The molecule has 172 valence electrons. The maximum absolute atomic E-state index is 10.9. The maximum Gasteiger partial charge on any atom is 0.345 e. The van der Waals surface area contributed by atoms with Crippen molar-refractivity contribution in [2.45, 2.75) is 85.2 Å². The molecule has 0 saturated carbocycles. The fourth-order valence-electron chi connectivity index (χ4n) is 3.39. The van der Waals surface area contributed by atoms with Crippen LogP contribution in [0.3, 0.4) is 0 Å². The molecule has 0 radical (unpaired) electrons. The second-order valence-electron chi connectivity index (χ2n) is 8.40. The third-order valence-electron chi connectivity index (χ3n) is 5.17. The molecule has 2 N–H and O–H groups in total. The van der Waals surface area contributed by atoms with E-state index in [4.69, 9.17) is 5.11 Å². The summed E-state index contributed by atoms with van der Waals surface area (Å²) in [6, 6.07) is 11.7. The predicted molar refractivity (Wildman–Crippen MR) is 129 cm³/mol. The Morgan fingerprint density at radius 3 is 2.23 bits per heavy atom. The van der Waals surface area contributed by atoms with Crippen molar-refractivity contribution in [3.8, 4) is 0 Å². The van der Waals surface area contributed by atoms with Crippen molar-refractivity contribution in [3.05, 3.63) is 57.3 Å². The van der Waals surface area contributed by atoms with Crippen molar-refractivity contribution in [1.82, 2.24) is 0 Å². The minimum absolute atomic E-state index is 0.238. The molecule has 1 aromatic carbocycles. The molecule has 2 aromatic rings. The largest absolute Gasteiger partial charge is 0.477 e. The average molecular weight is 447 g/mol. The highest BCUT2D eigenvalue weighted by Gasteiger charge is 2.09. The van der Waals surface area contributed by atoms with Gasteiger partial charge in [-0.2, -0.15) is 0 Å². The first-order chi connectivity index (χ1) is 14.7. The number of ketones is 1. The van der Waals surface area contributed by atoms with Gasteiger partial charge in [-0.25, -0.2) is 4.79 Å². The Balaban J connectivity index is 0.000000316. The zero-order valence-electron chi connectivity index (χ0n) is 19.4. The summed E-state index contributed by atoms with van der Waals surface area (Å²) >= 11 is 1.34. The SMILES string of the molecule is CC(=O)C[C@@H](C)CCCc1ccc(C(=O)O)s1.CCCCCC(O)c1ccc(C)cc1. The predicted octanol–water partition coefficient (Wildman–Crippen LogP) is 6.99. The van der Waals surface area contributed by atoms with E-state index in [9.17, 15) is 14.7 Å². The fraction of sp³-hybridized carbons (Fsp3) is 0.538. The number of carboxylic acid groups (broad SMARTS) is 1. The van der Waals surface area contributed by atoms with Crippen LogP contribution in [0.1, 0.15) is 97.5 Å². The smallest absolute Gasteiger partial charge is 0.345 e. The van der Waals surface area contributed by atoms with Crippen LogP contribution in [0.2, 0.25) is 0 Å². The van der Waals surface area contributed by atoms with E-state index >= 15 is 0 Å². The zero-order chi connectivity index (χ0) is 23.2. The molecule has 0 aliphatic carbocycles. The molecule has 31 heavy (non-hydrogen) atoms. The molecule has 0 bridgehead atoms. The van der Waals surface area contributed by atoms with Gasteiger partial charge < -0.3 is 15.0 Å². The number of aryl methyl sites for hydroxylation is 2. The summed E-state index contributed by atoms with van der Waals surface area (Å²) in [6.07, 6.45) is 7.72. The Morgan fingerprint density at radius 1 is 1.00 bits per heavy atom. The number of rotatable bonds is 12. The minimum atomic E-state index is -0.855. The van der Waals surface area contributed by atoms with Gasteiger partial charge in [-0.3, -0.25) is 0 Å². The molecule has 4 nitrogen and oxygen atoms in total. The fourth-order valence-corrected chi connectivity index (χ4v) is 4.28. The zero-order valence-corrected chi connectivity index (χ0v) is 20.2. The van der Waals surface area contributed by atoms with Crippen LogP contribution in [0.25, 0.3) is 0 Å². The highest BCUT2D eigenvalue weighted by Crippen LogP contribution is 2.21. The Kier molecular flexibility index (Phi) is 13.0. The van der Waals surface area contributed by atoms with Gasteiger partial charge in [0, 0.05) is 11.3 Å². The lowest BCUT2D eigenvalue weighted by atomic mass is 9.98. The molecule has 5 heteroatoms. The summed E-state index contributed by atoms with van der Waals surface area (Å²) in [5.41, 5.74) is 2.29. The lowest BCUT2D eigenvalue weighted by Crippen LogP contribution is -2.01. The number of aliphatic hydroxyl groups excluding tert-OH is 1. The third kappa shape index (κ3) is 11.8. The molecule has 0 fully saturated rings. The molecule has 0 saturated heterocycles. The number of aliphatic hydroxyl groups is 1. The third-order valence-corrected chi connectivity index (χ3v) is 6.30. The first-order valence-corrected chi connectivity index (χ1v) is 12.1. The van der Waals surface area contributed by atoms with Crippen LogP contribution < -0.4 is 0 Å². The summed E-state index contributed by atoms with van der Waals surface area (Å²) in [5, 5.41) is 18.6. The van der Waals surface area contributed by atoms with Gasteiger partial charge >= 0.3 is 5.97 Å². The Morgan fingerprint density at radius 2 is 1.68 bits per heavy atom. The standard InChI is InChI=1S/C13H18O3S.C13H20O/c1-9(8-10(2)14)4-3-5-11-6-7-12(17-11)13(15)16;1-3-4-5-6-13(14)12-9-7-11(2)8-10-12/h6-7,9H,3-5,8H2,1-2H3,(H,15,16);7-10,13-14H,3-6H2,1-2H3/t9-;/m0./s1. The number of benzene rings is 1. The van der Waals surface area contributed by atoms with Gasteiger partial charge in [0.25, 0.3) is 0 Å². The summed E-state index contributed by atoms with van der Waals surface area (Å²) in [5.74, 6) is -0.195. The van der Waals surface area contributed by atoms with E-state index in [0.717, 1.165) is 42.5 Å². The number of thiophene rings is 1. The van der Waals surface area contributed by atoms with E-state index in [1.54, 1.807) is 13.0 Å². The van der Waals surface area contributed by atoms with Crippen LogP contribution in [0.15, 0.2) is 36.4 Å². The van der Waals surface area contributed by atoms with Gasteiger partial charge in [-0.15, -0.1) is 11.3 Å². The quantitative estimate of drug-likeness (QED) is 0.344. The van der Waals surface area contributed by atoms with Crippen molar-refractivity contribution in [3.63, 3.8) is 0 Å². The number of aromatic carboxylic acids is 1. The van der Waals surface area contributed by atoms with E-state index in [0.29, 0.717) is 17.2 Å². The first-order valence-electron chi connectivity index (χ1n) is 11.3. The van der Waals surface area contributed by atoms with Gasteiger partial charge in [0.1, 0.15) is 10.7 Å². The molecule has 0 aliphatic rings. The van der Waals surface area contributed by atoms with Gasteiger partial charge in [-0.05, 0) is 63.1 Å². The topological polar surface area (TPSA) is 74.6 Å². The number of carbonyl (C=O) groups is 2. The van der Waals surface area contributed by atoms with Crippen LogP contribution >= 0.6 is 11.3 Å². The first kappa shape index (κ1) is 27.1. The summed E-state index contributed by atoms with van der Waals surface area (Å²) < 4.78 is 0. The summed E-state index contributed by atoms with van der Waals surface area (Å²) in [7, 11) is 0. The summed E-state index contributed by atoms with van der Waals surface area (Å²) in [6.45, 7) is 7.94. The van der Waals surface area contributed by atoms with Crippen LogP contribution in [-0.4, -0.2) is 22.0 Å². The normalized spacial score (nSPS) is 12.5. The monoisotopic (exact) mass is 446 g/mol. The Hall–Kier alpha value is -1.98. The van der Waals surface area contributed by atoms with Crippen molar-refractivity contribution in [1.29, 1.82) is 0 Å². The van der Waals surface area contributed by atoms with Crippen LogP contribution in [0, 0.1) is 12.8 Å². The van der Waals surface area contributed by atoms with Gasteiger partial charge in [0.2, 0.25) is 0 Å². The van der Waals surface area contributed by atoms with Crippen molar-refractivity contribution >= 4 is 23.1 Å². The molecule has 0 aliphatic heterocycles. The molecule has 2 rings (SSSR count). The van der Waals surface area contributed by atoms with Crippen LogP contribution in [-0.2, 0) is 11.2 Å². The number of hydrogen-bond acceptors (Lipinski definition) is 4. The minimum Gasteiger partial charge on any atom is -0.477 e. The molecule has 1 unspecified atom stereocenters. The lowest BCUT2D eigenvalue weighted by Gasteiger charge is -2.10. The van der Waals surface area contributed by atoms with E-state index in [1.165, 1.54) is 29.7 Å². The molecule has 1 aromatic heterocycles. The van der Waals surface area contributed by atoms with E-state index < -0.39 is 5.97 Å². The van der Waals surface area contributed by atoms with Gasteiger partial charge in [0.05, 0.1) is 6.10 Å². The van der Waals surface area contributed by atoms with E-state index in [2.05, 4.69) is 32.9 Å². The van der Waals surface area contributed by atoms with Crippen molar-refractivity contribution in [2.75, 3.05) is 0 Å². The maximum atomic E-state index is 10.9. The molecule has 2 atom stereocenters. The average Bonchev–Trinajstić information content (AvgIpc) is 3.18. The lowest BCUT2D eigenvalue weighted by molar-refractivity contribution is -0.117. The Labute approximate surface area is 191 Å². The van der Waals surface area contributed by atoms with E-state index in [-0.39, 0.29) is 11.9 Å². The van der Waals surface area contributed by atoms with E-state index in [1.807, 2.05) is 18.2 Å². The van der Waals surface area contributed by atoms with Gasteiger partial charge in [0.15, 0.2) is 0 Å². The van der Waals surface area contributed by atoms with Gasteiger partial charge in [-0.1, -0.05) is 62.9 Å². The van der Waals surface area contributed by atoms with Crippen LogP contribution in [0.4, 0.5) is 0 Å². The highest BCUT2D eigenvalue weighted by atomic mass is 32.1.